The Morgan fingerprint density at radius 3 is 2.32 bits per heavy atom. The van der Waals surface area contributed by atoms with E-state index >= 15 is 0 Å². The fourth-order valence-corrected chi connectivity index (χ4v) is 3.85. The van der Waals surface area contributed by atoms with Gasteiger partial charge in [-0.25, -0.2) is 0 Å². The highest BCUT2D eigenvalue weighted by Gasteiger charge is 2.51. The summed E-state index contributed by atoms with van der Waals surface area (Å²) < 4.78 is 28.6. The molecule has 25 heavy (non-hydrogen) atoms. The number of rotatable bonds is 6. The van der Waals surface area contributed by atoms with Crippen LogP contribution in [0.2, 0.25) is 0 Å². The van der Waals surface area contributed by atoms with Crippen LogP contribution < -0.4 is 10.1 Å². The Balaban J connectivity index is 1.66. The zero-order valence-corrected chi connectivity index (χ0v) is 13.6. The molecule has 0 aromatic heterocycles. The number of carboxylic acid groups (broad SMARTS) is 1. The number of hydrogen-bond acceptors (Lipinski definition) is 3. The second-order valence-corrected chi connectivity index (χ2v) is 6.52. The number of aliphatic carboxylic acids is 1. The summed E-state index contributed by atoms with van der Waals surface area (Å²) in [6.45, 7) is -1.12. The Bertz CT molecular complexity index is 689. The lowest BCUT2D eigenvalue weighted by Crippen LogP contribution is -2.41. The summed E-state index contributed by atoms with van der Waals surface area (Å²) in [4.78, 5) is 24.1. The molecule has 2 aliphatic rings. The number of nitrogens with one attached hydrogen (secondary N) is 1. The van der Waals surface area contributed by atoms with Crippen molar-refractivity contribution >= 4 is 11.9 Å². The third-order valence-corrected chi connectivity index (χ3v) is 5.01. The van der Waals surface area contributed by atoms with E-state index in [0.717, 1.165) is 5.56 Å². The predicted molar refractivity (Wildman–Crippen MR) is 85.0 cm³/mol. The standard InChI is InChI=1S/C18H19F2NO4/c1-9(10-4-6-13(7-5-10)25-18(19)20)21-16(22)14-11-2-3-12(8-11)15(14)17(23)24/h2-7,9,11-12,14-15,18H,8H2,1H3,(H,21,22)(H,23,24). The Morgan fingerprint density at radius 2 is 1.76 bits per heavy atom. The van der Waals surface area contributed by atoms with Gasteiger partial charge in [0.05, 0.1) is 17.9 Å². The summed E-state index contributed by atoms with van der Waals surface area (Å²) in [5, 5.41) is 12.3. The number of carbonyl (C=O) groups excluding carboxylic acids is 1. The van der Waals surface area contributed by atoms with E-state index in [4.69, 9.17) is 0 Å². The maximum Gasteiger partial charge on any atom is 0.387 e. The molecule has 1 aromatic carbocycles. The third-order valence-electron chi connectivity index (χ3n) is 5.01. The lowest BCUT2D eigenvalue weighted by molar-refractivity contribution is -0.148. The molecule has 5 unspecified atom stereocenters. The highest BCUT2D eigenvalue weighted by molar-refractivity contribution is 5.87. The van der Waals surface area contributed by atoms with Gasteiger partial charge in [-0.1, -0.05) is 24.3 Å². The molecule has 0 aliphatic heterocycles. The van der Waals surface area contributed by atoms with Crippen LogP contribution in [0.25, 0.3) is 0 Å². The molecule has 7 heteroatoms. The van der Waals surface area contributed by atoms with Crippen molar-refractivity contribution in [1.29, 1.82) is 0 Å². The van der Waals surface area contributed by atoms with Crippen LogP contribution in [0, 0.1) is 23.7 Å². The number of benzene rings is 1. The van der Waals surface area contributed by atoms with Crippen molar-refractivity contribution in [3.8, 4) is 5.75 Å². The molecule has 0 radical (unpaired) electrons. The van der Waals surface area contributed by atoms with Crippen LogP contribution in [0.1, 0.15) is 24.9 Å². The van der Waals surface area contributed by atoms with Crippen molar-refractivity contribution in [1.82, 2.24) is 5.32 Å². The van der Waals surface area contributed by atoms with Gasteiger partial charge in [-0.05, 0) is 42.9 Å². The van der Waals surface area contributed by atoms with E-state index in [2.05, 4.69) is 10.1 Å². The second-order valence-electron chi connectivity index (χ2n) is 6.52. The highest BCUT2D eigenvalue weighted by atomic mass is 19.3. The number of alkyl halides is 2. The largest absolute Gasteiger partial charge is 0.481 e. The van der Waals surface area contributed by atoms with Gasteiger partial charge in [0.1, 0.15) is 5.75 Å². The Hall–Kier alpha value is -2.44. The van der Waals surface area contributed by atoms with Crippen LogP contribution in [0.15, 0.2) is 36.4 Å². The van der Waals surface area contributed by atoms with Gasteiger partial charge in [-0.2, -0.15) is 8.78 Å². The topological polar surface area (TPSA) is 75.6 Å². The molecule has 0 spiro atoms. The Morgan fingerprint density at radius 1 is 1.16 bits per heavy atom. The lowest BCUT2D eigenvalue weighted by Gasteiger charge is -2.26. The van der Waals surface area contributed by atoms with Crippen molar-refractivity contribution in [2.75, 3.05) is 0 Å². The van der Waals surface area contributed by atoms with Crippen molar-refractivity contribution in [3.63, 3.8) is 0 Å². The van der Waals surface area contributed by atoms with Crippen molar-refractivity contribution in [2.45, 2.75) is 26.0 Å². The number of fused-ring (bicyclic) bond motifs is 2. The molecule has 1 aromatic rings. The molecule has 134 valence electrons. The number of halogens is 2. The van der Waals surface area contributed by atoms with Crippen LogP contribution in [0.5, 0.6) is 5.75 Å². The first kappa shape index (κ1) is 17.4. The van der Waals surface area contributed by atoms with Crippen LogP contribution in [0.3, 0.4) is 0 Å². The van der Waals surface area contributed by atoms with Crippen LogP contribution >= 0.6 is 0 Å². The van der Waals surface area contributed by atoms with Gasteiger partial charge >= 0.3 is 12.6 Å². The number of allylic oxidation sites excluding steroid dienone is 2. The fourth-order valence-electron chi connectivity index (χ4n) is 3.85. The summed E-state index contributed by atoms with van der Waals surface area (Å²) in [7, 11) is 0. The van der Waals surface area contributed by atoms with Crippen molar-refractivity contribution < 1.29 is 28.2 Å². The maximum absolute atomic E-state index is 12.6. The quantitative estimate of drug-likeness (QED) is 0.773. The van der Waals surface area contributed by atoms with E-state index in [1.165, 1.54) is 12.1 Å². The first-order valence-corrected chi connectivity index (χ1v) is 8.13. The van der Waals surface area contributed by atoms with Crippen molar-refractivity contribution in [2.24, 2.45) is 23.7 Å². The summed E-state index contributed by atoms with van der Waals surface area (Å²) >= 11 is 0. The Labute approximate surface area is 143 Å². The minimum atomic E-state index is -2.89. The maximum atomic E-state index is 12.6. The van der Waals surface area contributed by atoms with E-state index in [1.807, 2.05) is 12.2 Å². The molecule has 2 aliphatic carbocycles. The minimum absolute atomic E-state index is 0.0416. The number of ether oxygens (including phenoxy) is 1. The molecule has 0 saturated heterocycles. The first-order valence-electron chi connectivity index (χ1n) is 8.13. The van der Waals surface area contributed by atoms with Crippen LogP contribution in [-0.2, 0) is 9.59 Å². The van der Waals surface area contributed by atoms with Gasteiger partial charge < -0.3 is 15.2 Å². The second kappa shape index (κ2) is 6.82. The predicted octanol–water partition coefficient (Wildman–Crippen LogP) is 2.99. The lowest BCUT2D eigenvalue weighted by atomic mass is 9.82. The molecule has 5 nitrogen and oxygen atoms in total. The van der Waals surface area contributed by atoms with Crippen LogP contribution in [-0.4, -0.2) is 23.6 Å². The van der Waals surface area contributed by atoms with Gasteiger partial charge in [-0.3, -0.25) is 9.59 Å². The molecule has 5 atom stereocenters. The smallest absolute Gasteiger partial charge is 0.387 e. The average Bonchev–Trinajstić information content (AvgIpc) is 3.15. The summed E-state index contributed by atoms with van der Waals surface area (Å²) in [5.74, 6) is -2.58. The van der Waals surface area contributed by atoms with E-state index in [0.29, 0.717) is 6.42 Å². The highest BCUT2D eigenvalue weighted by Crippen LogP contribution is 2.48. The van der Waals surface area contributed by atoms with Gasteiger partial charge in [0.25, 0.3) is 0 Å². The summed E-state index contributed by atoms with van der Waals surface area (Å²) in [6.07, 6.45) is 4.51. The molecule has 2 bridgehead atoms. The number of carbonyl (C=O) groups is 2. The number of hydrogen-bond donors (Lipinski definition) is 2. The monoisotopic (exact) mass is 351 g/mol. The van der Waals surface area contributed by atoms with Gasteiger partial charge in [0.2, 0.25) is 5.91 Å². The summed E-state index contributed by atoms with van der Waals surface area (Å²) in [6, 6.07) is 5.64. The van der Waals surface area contributed by atoms with Gasteiger partial charge in [0, 0.05) is 0 Å². The normalized spacial score (nSPS) is 28.2. The summed E-state index contributed by atoms with van der Waals surface area (Å²) in [5.41, 5.74) is 0.723. The van der Waals surface area contributed by atoms with E-state index in [9.17, 15) is 23.5 Å². The van der Waals surface area contributed by atoms with E-state index in [-0.39, 0.29) is 29.5 Å². The zero-order chi connectivity index (χ0) is 18.1. The first-order chi connectivity index (χ1) is 11.9. The van der Waals surface area contributed by atoms with E-state index in [1.54, 1.807) is 19.1 Å². The SMILES string of the molecule is CC(NC(=O)C1C2C=CC(C2)C1C(=O)O)c1ccc(OC(F)F)cc1. The molecule has 1 fully saturated rings. The zero-order valence-electron chi connectivity index (χ0n) is 13.6. The van der Waals surface area contributed by atoms with Gasteiger partial charge in [-0.15, -0.1) is 0 Å². The van der Waals surface area contributed by atoms with Crippen molar-refractivity contribution in [3.05, 3.63) is 42.0 Å². The molecule has 0 heterocycles. The number of amides is 1. The molecule has 2 N–H and O–H groups in total. The van der Waals surface area contributed by atoms with Gasteiger partial charge in [0.15, 0.2) is 0 Å². The number of carboxylic acids is 1. The Kier molecular flexibility index (Phi) is 4.74. The molecule has 1 saturated carbocycles. The van der Waals surface area contributed by atoms with Crippen LogP contribution in [0.4, 0.5) is 8.78 Å². The molecule has 3 rings (SSSR count). The third kappa shape index (κ3) is 3.50. The average molecular weight is 351 g/mol. The van der Waals surface area contributed by atoms with E-state index < -0.39 is 24.4 Å². The minimum Gasteiger partial charge on any atom is -0.481 e. The fraction of sp³-hybridized carbons (Fsp3) is 0.444. The molecular weight excluding hydrogens is 332 g/mol. The molecular formula is C18H19F2NO4. The molecule has 1 amide bonds.